The topological polar surface area (TPSA) is 39.7 Å². The van der Waals surface area contributed by atoms with Crippen molar-refractivity contribution in [1.29, 1.82) is 0 Å². The summed E-state index contributed by atoms with van der Waals surface area (Å²) in [4.78, 5) is 0. The van der Waals surface area contributed by atoms with Crippen LogP contribution >= 0.6 is 0 Å². The monoisotopic (exact) mass is 279 g/mol. The van der Waals surface area contributed by atoms with Crippen molar-refractivity contribution in [3.8, 4) is 11.5 Å². The number of nitrogens with one attached hydrogen (secondary N) is 1. The maximum atomic E-state index is 5.81. The summed E-state index contributed by atoms with van der Waals surface area (Å²) in [5.74, 6) is 1.54. The van der Waals surface area contributed by atoms with Crippen LogP contribution in [-0.4, -0.2) is 34.0 Å². The third-order valence-corrected chi connectivity index (χ3v) is 2.76. The van der Waals surface area contributed by atoms with E-state index >= 15 is 0 Å². The lowest BCUT2D eigenvalue weighted by molar-refractivity contribution is 0.194. The molecular weight excluding hydrogens is 254 g/mol. The molecule has 4 heteroatoms. The summed E-state index contributed by atoms with van der Waals surface area (Å²) < 4.78 is 16.2. The average Bonchev–Trinajstić information content (AvgIpc) is 2.45. The van der Waals surface area contributed by atoms with Crippen molar-refractivity contribution >= 4 is 0 Å². The van der Waals surface area contributed by atoms with E-state index in [0.29, 0.717) is 6.61 Å². The van der Waals surface area contributed by atoms with E-state index in [0.717, 1.165) is 48.8 Å². The Bertz CT molecular complexity index is 418. The Kier molecular flexibility index (Phi) is 7.77. The fourth-order valence-electron chi connectivity index (χ4n) is 1.78. The maximum absolute atomic E-state index is 5.81. The highest BCUT2D eigenvalue weighted by molar-refractivity contribution is 5.46. The summed E-state index contributed by atoms with van der Waals surface area (Å²) >= 11 is 0. The zero-order valence-electron chi connectivity index (χ0n) is 12.7. The summed E-state index contributed by atoms with van der Waals surface area (Å²) in [6.07, 6.45) is 0.989. The van der Waals surface area contributed by atoms with Crippen LogP contribution in [0.15, 0.2) is 30.4 Å². The second-order valence-electron chi connectivity index (χ2n) is 4.72. The second-order valence-corrected chi connectivity index (χ2v) is 4.72. The first-order valence-electron chi connectivity index (χ1n) is 6.81. The van der Waals surface area contributed by atoms with Gasteiger partial charge in [-0.25, -0.2) is 0 Å². The van der Waals surface area contributed by atoms with Crippen LogP contribution in [0.3, 0.4) is 0 Å². The summed E-state index contributed by atoms with van der Waals surface area (Å²) in [5, 5.41) is 3.38. The third-order valence-electron chi connectivity index (χ3n) is 2.76. The number of methoxy groups -OCH3 is 2. The molecule has 0 atom stereocenters. The Morgan fingerprint density at radius 2 is 2.10 bits per heavy atom. The van der Waals surface area contributed by atoms with Crippen LogP contribution in [0.2, 0.25) is 0 Å². The molecule has 0 aromatic heterocycles. The fourth-order valence-corrected chi connectivity index (χ4v) is 1.78. The Morgan fingerprint density at radius 3 is 2.75 bits per heavy atom. The molecule has 112 valence electrons. The first-order chi connectivity index (χ1) is 9.69. The molecule has 0 unspecified atom stereocenters. The van der Waals surface area contributed by atoms with Gasteiger partial charge in [-0.15, -0.1) is 0 Å². The SMILES string of the molecule is C=C(C)COc1c(CNCCCOC)cccc1OC. The predicted molar refractivity (Wildman–Crippen MR) is 81.5 cm³/mol. The Morgan fingerprint density at radius 1 is 1.30 bits per heavy atom. The van der Waals surface area contributed by atoms with Crippen LogP contribution in [0, 0.1) is 0 Å². The summed E-state index contributed by atoms with van der Waals surface area (Å²) in [6.45, 7) is 8.71. The van der Waals surface area contributed by atoms with E-state index < -0.39 is 0 Å². The van der Waals surface area contributed by atoms with Gasteiger partial charge in [0.15, 0.2) is 11.5 Å². The van der Waals surface area contributed by atoms with Gasteiger partial charge >= 0.3 is 0 Å². The standard InChI is InChI=1S/C16H25NO3/c1-13(2)12-20-16-14(7-5-8-15(16)19-4)11-17-9-6-10-18-3/h5,7-8,17H,1,6,9-12H2,2-4H3. The van der Waals surface area contributed by atoms with Gasteiger partial charge in [-0.05, 0) is 31.5 Å². The van der Waals surface area contributed by atoms with Crippen LogP contribution in [0.1, 0.15) is 18.9 Å². The molecule has 0 saturated heterocycles. The van der Waals surface area contributed by atoms with Gasteiger partial charge < -0.3 is 19.5 Å². The highest BCUT2D eigenvalue weighted by Gasteiger charge is 2.10. The third kappa shape index (κ3) is 5.63. The average molecular weight is 279 g/mol. The first-order valence-corrected chi connectivity index (χ1v) is 6.81. The van der Waals surface area contributed by atoms with E-state index in [1.807, 2.05) is 25.1 Å². The zero-order chi connectivity index (χ0) is 14.8. The molecule has 1 aromatic rings. The Balaban J connectivity index is 2.65. The molecule has 0 fully saturated rings. The molecule has 0 spiro atoms. The molecule has 0 bridgehead atoms. The van der Waals surface area contributed by atoms with Gasteiger partial charge in [0, 0.05) is 25.8 Å². The van der Waals surface area contributed by atoms with Crippen molar-refractivity contribution in [3.05, 3.63) is 35.9 Å². The van der Waals surface area contributed by atoms with Crippen molar-refractivity contribution in [2.24, 2.45) is 0 Å². The molecular formula is C16H25NO3. The highest BCUT2D eigenvalue weighted by atomic mass is 16.5. The van der Waals surface area contributed by atoms with Crippen molar-refractivity contribution in [1.82, 2.24) is 5.32 Å². The molecule has 0 aliphatic carbocycles. The minimum Gasteiger partial charge on any atom is -0.493 e. The highest BCUT2D eigenvalue weighted by Crippen LogP contribution is 2.31. The van der Waals surface area contributed by atoms with E-state index in [1.165, 1.54) is 0 Å². The van der Waals surface area contributed by atoms with E-state index in [4.69, 9.17) is 14.2 Å². The number of para-hydroxylation sites is 1. The summed E-state index contributed by atoms with van der Waals surface area (Å²) in [6, 6.07) is 5.92. The first kappa shape index (κ1) is 16.5. The van der Waals surface area contributed by atoms with Crippen molar-refractivity contribution < 1.29 is 14.2 Å². The molecule has 0 radical (unpaired) electrons. The van der Waals surface area contributed by atoms with Crippen LogP contribution in [0.25, 0.3) is 0 Å². The van der Waals surface area contributed by atoms with Crippen LogP contribution in [0.4, 0.5) is 0 Å². The number of rotatable bonds is 10. The zero-order valence-corrected chi connectivity index (χ0v) is 12.7. The van der Waals surface area contributed by atoms with E-state index in [9.17, 15) is 0 Å². The number of benzene rings is 1. The molecule has 1 N–H and O–H groups in total. The van der Waals surface area contributed by atoms with Gasteiger partial charge in [-0.1, -0.05) is 18.7 Å². The smallest absolute Gasteiger partial charge is 0.166 e. The molecule has 0 saturated carbocycles. The minimum atomic E-state index is 0.497. The summed E-state index contributed by atoms with van der Waals surface area (Å²) in [5.41, 5.74) is 2.07. The molecule has 0 heterocycles. The maximum Gasteiger partial charge on any atom is 0.166 e. The number of hydrogen-bond donors (Lipinski definition) is 1. The fraction of sp³-hybridized carbons (Fsp3) is 0.500. The lowest BCUT2D eigenvalue weighted by atomic mass is 10.1. The van der Waals surface area contributed by atoms with Crippen LogP contribution in [-0.2, 0) is 11.3 Å². The molecule has 1 rings (SSSR count). The summed E-state index contributed by atoms with van der Waals surface area (Å²) in [7, 11) is 3.37. The number of hydrogen-bond acceptors (Lipinski definition) is 4. The van der Waals surface area contributed by atoms with Gasteiger partial charge in [-0.2, -0.15) is 0 Å². The van der Waals surface area contributed by atoms with Gasteiger partial charge in [0.25, 0.3) is 0 Å². The van der Waals surface area contributed by atoms with Crippen LogP contribution < -0.4 is 14.8 Å². The van der Waals surface area contributed by atoms with E-state index in [1.54, 1.807) is 14.2 Å². The van der Waals surface area contributed by atoms with Crippen molar-refractivity contribution in [2.45, 2.75) is 19.9 Å². The lowest BCUT2D eigenvalue weighted by Gasteiger charge is -2.15. The molecule has 0 amide bonds. The lowest BCUT2D eigenvalue weighted by Crippen LogP contribution is -2.17. The molecule has 1 aromatic carbocycles. The molecule has 20 heavy (non-hydrogen) atoms. The Hall–Kier alpha value is -1.52. The second kappa shape index (κ2) is 9.39. The van der Waals surface area contributed by atoms with E-state index in [2.05, 4.69) is 11.9 Å². The van der Waals surface area contributed by atoms with Gasteiger partial charge in [-0.3, -0.25) is 0 Å². The number of ether oxygens (including phenoxy) is 3. The van der Waals surface area contributed by atoms with E-state index in [-0.39, 0.29) is 0 Å². The molecule has 0 aliphatic heterocycles. The van der Waals surface area contributed by atoms with Crippen molar-refractivity contribution in [2.75, 3.05) is 34.0 Å². The quantitative estimate of drug-likeness (QED) is 0.528. The van der Waals surface area contributed by atoms with Crippen LogP contribution in [0.5, 0.6) is 11.5 Å². The van der Waals surface area contributed by atoms with Gasteiger partial charge in [0.05, 0.1) is 7.11 Å². The van der Waals surface area contributed by atoms with Gasteiger partial charge in [0.1, 0.15) is 6.61 Å². The predicted octanol–water partition coefficient (Wildman–Crippen LogP) is 2.78. The van der Waals surface area contributed by atoms with Gasteiger partial charge in [0.2, 0.25) is 0 Å². The molecule has 4 nitrogen and oxygen atoms in total. The molecule has 0 aliphatic rings. The largest absolute Gasteiger partial charge is 0.493 e. The Labute approximate surface area is 121 Å². The normalized spacial score (nSPS) is 10.3. The minimum absolute atomic E-state index is 0.497. The van der Waals surface area contributed by atoms with Crippen molar-refractivity contribution in [3.63, 3.8) is 0 Å².